The summed E-state index contributed by atoms with van der Waals surface area (Å²) in [6, 6.07) is 7.32. The van der Waals surface area contributed by atoms with Crippen LogP contribution in [0.15, 0.2) is 18.2 Å². The molecule has 1 heterocycles. The van der Waals surface area contributed by atoms with Crippen molar-refractivity contribution in [2.45, 2.75) is 38.3 Å². The van der Waals surface area contributed by atoms with Gasteiger partial charge in [0.05, 0.1) is 12.7 Å². The van der Waals surface area contributed by atoms with Crippen molar-refractivity contribution in [2.24, 2.45) is 0 Å². The summed E-state index contributed by atoms with van der Waals surface area (Å²) in [6.45, 7) is 4.01. The zero-order valence-corrected chi connectivity index (χ0v) is 9.83. The molecule has 0 saturated carbocycles. The maximum atomic E-state index is 5.87. The quantitative estimate of drug-likeness (QED) is 0.779. The van der Waals surface area contributed by atoms with Gasteiger partial charge in [0.25, 0.3) is 0 Å². The Morgan fingerprint density at radius 2 is 2.12 bits per heavy atom. The van der Waals surface area contributed by atoms with Gasteiger partial charge >= 0.3 is 0 Å². The second-order valence-corrected chi connectivity index (χ2v) is 4.92. The Morgan fingerprint density at radius 3 is 3.00 bits per heavy atom. The van der Waals surface area contributed by atoms with Crippen molar-refractivity contribution in [1.29, 1.82) is 0 Å². The number of fused-ring (bicyclic) bond motifs is 1. The first-order chi connectivity index (χ1) is 7.84. The minimum Gasteiger partial charge on any atom is -0.371 e. The van der Waals surface area contributed by atoms with Crippen LogP contribution in [-0.2, 0) is 17.6 Å². The molecular formula is C14H19NO. The highest BCUT2D eigenvalue weighted by molar-refractivity contribution is 5.36. The van der Waals surface area contributed by atoms with Crippen LogP contribution in [0.2, 0.25) is 0 Å². The second-order valence-electron chi connectivity index (χ2n) is 4.92. The molecule has 0 spiro atoms. The average Bonchev–Trinajstić information content (AvgIpc) is 2.76. The van der Waals surface area contributed by atoms with Crippen LogP contribution >= 0.6 is 0 Å². The molecule has 1 fully saturated rings. The van der Waals surface area contributed by atoms with Crippen molar-refractivity contribution in [3.05, 3.63) is 34.9 Å². The summed E-state index contributed by atoms with van der Waals surface area (Å²) in [5.41, 5.74) is 4.43. The van der Waals surface area contributed by atoms with E-state index in [9.17, 15) is 0 Å². The largest absolute Gasteiger partial charge is 0.371 e. The molecule has 2 aliphatic rings. The molecule has 16 heavy (non-hydrogen) atoms. The molecule has 1 aliphatic carbocycles. The van der Waals surface area contributed by atoms with Crippen LogP contribution in [0.25, 0.3) is 0 Å². The molecule has 0 bridgehead atoms. The van der Waals surface area contributed by atoms with Gasteiger partial charge in [0.2, 0.25) is 0 Å². The first-order valence-corrected chi connectivity index (χ1v) is 6.31. The third-order valence-electron chi connectivity index (χ3n) is 3.77. The molecule has 2 nitrogen and oxygen atoms in total. The van der Waals surface area contributed by atoms with E-state index in [0.717, 1.165) is 13.2 Å². The van der Waals surface area contributed by atoms with E-state index >= 15 is 0 Å². The van der Waals surface area contributed by atoms with E-state index in [1.54, 1.807) is 11.1 Å². The summed E-state index contributed by atoms with van der Waals surface area (Å²) in [5.74, 6) is 0. The molecule has 1 aromatic rings. The molecule has 2 unspecified atom stereocenters. The van der Waals surface area contributed by atoms with Crippen LogP contribution in [0.4, 0.5) is 0 Å². The predicted molar refractivity (Wildman–Crippen MR) is 64.6 cm³/mol. The molecule has 0 amide bonds. The molecule has 1 saturated heterocycles. The van der Waals surface area contributed by atoms with Crippen LogP contribution in [0.3, 0.4) is 0 Å². The molecule has 86 valence electrons. The van der Waals surface area contributed by atoms with E-state index in [1.165, 1.54) is 24.8 Å². The fourth-order valence-electron chi connectivity index (χ4n) is 2.88. The highest BCUT2D eigenvalue weighted by atomic mass is 16.5. The first kappa shape index (κ1) is 10.3. The third kappa shape index (κ3) is 1.76. The predicted octanol–water partition coefficient (Wildman–Crippen LogP) is 2.22. The smallest absolute Gasteiger partial charge is 0.0975 e. The Morgan fingerprint density at radius 1 is 1.25 bits per heavy atom. The van der Waals surface area contributed by atoms with Crippen LogP contribution in [0.1, 0.15) is 36.1 Å². The zero-order valence-electron chi connectivity index (χ0n) is 9.83. The molecular weight excluding hydrogens is 198 g/mol. The molecule has 0 radical (unpaired) electrons. The van der Waals surface area contributed by atoms with Crippen molar-refractivity contribution in [3.63, 3.8) is 0 Å². The van der Waals surface area contributed by atoms with Crippen molar-refractivity contribution in [2.75, 3.05) is 13.2 Å². The van der Waals surface area contributed by atoms with Crippen molar-refractivity contribution < 1.29 is 4.74 Å². The molecule has 3 rings (SSSR count). The monoisotopic (exact) mass is 217 g/mol. The number of benzene rings is 1. The van der Waals surface area contributed by atoms with Crippen molar-refractivity contribution in [1.82, 2.24) is 5.32 Å². The maximum Gasteiger partial charge on any atom is 0.0975 e. The Labute approximate surface area is 97.0 Å². The summed E-state index contributed by atoms with van der Waals surface area (Å²) in [5, 5.41) is 3.47. The third-order valence-corrected chi connectivity index (χ3v) is 3.77. The summed E-state index contributed by atoms with van der Waals surface area (Å²) in [7, 11) is 0. The minimum absolute atomic E-state index is 0.236. The lowest BCUT2D eigenvalue weighted by atomic mass is 9.98. The van der Waals surface area contributed by atoms with E-state index in [-0.39, 0.29) is 6.10 Å². The Kier molecular flexibility index (Phi) is 2.70. The lowest BCUT2D eigenvalue weighted by Crippen LogP contribution is -2.41. The van der Waals surface area contributed by atoms with E-state index in [0.29, 0.717) is 6.04 Å². The fourth-order valence-corrected chi connectivity index (χ4v) is 2.88. The number of aryl methyl sites for hydroxylation is 2. The number of rotatable bonds is 1. The average molecular weight is 217 g/mol. The van der Waals surface area contributed by atoms with E-state index in [2.05, 4.69) is 30.4 Å². The van der Waals surface area contributed by atoms with Gasteiger partial charge in [-0.15, -0.1) is 0 Å². The number of hydrogen-bond acceptors (Lipinski definition) is 2. The summed E-state index contributed by atoms with van der Waals surface area (Å²) < 4.78 is 5.87. The van der Waals surface area contributed by atoms with Crippen LogP contribution in [0.5, 0.6) is 0 Å². The van der Waals surface area contributed by atoms with E-state index < -0.39 is 0 Å². The van der Waals surface area contributed by atoms with Gasteiger partial charge in [-0.2, -0.15) is 0 Å². The van der Waals surface area contributed by atoms with Gasteiger partial charge in [-0.05, 0) is 42.9 Å². The molecule has 2 atom stereocenters. The fraction of sp³-hybridized carbons (Fsp3) is 0.571. The van der Waals surface area contributed by atoms with Gasteiger partial charge in [-0.3, -0.25) is 0 Å². The van der Waals surface area contributed by atoms with Crippen molar-refractivity contribution in [3.8, 4) is 0 Å². The van der Waals surface area contributed by atoms with E-state index in [4.69, 9.17) is 4.74 Å². The van der Waals surface area contributed by atoms with Gasteiger partial charge in [-0.25, -0.2) is 0 Å². The zero-order chi connectivity index (χ0) is 11.0. The Balaban J connectivity index is 1.88. The number of ether oxygens (including phenoxy) is 1. The molecule has 1 aliphatic heterocycles. The normalized spacial score (nSPS) is 29.1. The molecule has 1 N–H and O–H groups in total. The second kappa shape index (κ2) is 4.19. The summed E-state index contributed by atoms with van der Waals surface area (Å²) >= 11 is 0. The highest BCUT2D eigenvalue weighted by Gasteiger charge is 2.24. The lowest BCUT2D eigenvalue weighted by Gasteiger charge is -2.30. The standard InChI is InChI=1S/C14H19NO/c1-10-14(16-8-7-15-10)13-6-5-11-3-2-4-12(11)9-13/h5-6,9-10,14-15H,2-4,7-8H2,1H3. The minimum atomic E-state index is 0.236. The Hall–Kier alpha value is -0.860. The van der Waals surface area contributed by atoms with Gasteiger partial charge in [0.15, 0.2) is 0 Å². The Bertz CT molecular complexity index is 388. The number of hydrogen-bond donors (Lipinski definition) is 1. The molecule has 1 aromatic carbocycles. The van der Waals surface area contributed by atoms with Gasteiger partial charge in [0.1, 0.15) is 0 Å². The van der Waals surface area contributed by atoms with Crippen LogP contribution in [0, 0.1) is 0 Å². The van der Waals surface area contributed by atoms with Crippen molar-refractivity contribution >= 4 is 0 Å². The van der Waals surface area contributed by atoms with Crippen LogP contribution < -0.4 is 5.32 Å². The number of nitrogens with one attached hydrogen (secondary N) is 1. The molecule has 2 heteroatoms. The van der Waals surface area contributed by atoms with Gasteiger partial charge in [-0.1, -0.05) is 18.2 Å². The molecule has 0 aromatic heterocycles. The summed E-state index contributed by atoms with van der Waals surface area (Å²) in [6.07, 6.45) is 4.06. The number of morpholine rings is 1. The maximum absolute atomic E-state index is 5.87. The van der Waals surface area contributed by atoms with Gasteiger partial charge in [0, 0.05) is 12.6 Å². The lowest BCUT2D eigenvalue weighted by molar-refractivity contribution is -0.000259. The summed E-state index contributed by atoms with van der Waals surface area (Å²) in [4.78, 5) is 0. The van der Waals surface area contributed by atoms with Crippen LogP contribution in [-0.4, -0.2) is 19.2 Å². The highest BCUT2D eigenvalue weighted by Crippen LogP contribution is 2.29. The van der Waals surface area contributed by atoms with Gasteiger partial charge < -0.3 is 10.1 Å². The van der Waals surface area contributed by atoms with E-state index in [1.807, 2.05) is 0 Å². The topological polar surface area (TPSA) is 21.3 Å². The first-order valence-electron chi connectivity index (χ1n) is 6.31. The SMILES string of the molecule is CC1NCCOC1c1ccc2c(c1)CCC2.